The Balaban J connectivity index is 1.53. The van der Waals surface area contributed by atoms with E-state index in [4.69, 9.17) is 4.74 Å². The summed E-state index contributed by atoms with van der Waals surface area (Å²) in [6.45, 7) is 2.62. The zero-order valence-corrected chi connectivity index (χ0v) is 19.0. The minimum Gasteiger partial charge on any atom is -0.507 e. The zero-order valence-electron chi connectivity index (χ0n) is 19.0. The van der Waals surface area contributed by atoms with Crippen molar-refractivity contribution >= 4 is 34.4 Å². The van der Waals surface area contributed by atoms with Crippen molar-refractivity contribution < 1.29 is 19.4 Å². The highest BCUT2D eigenvalue weighted by Gasteiger charge is 2.48. The Kier molecular flexibility index (Phi) is 4.88. The SMILES string of the molecule is Cc1ccc2nc(N3C(=O)C(=O)/C(=C(/O)c4ccc5c(c4)CCCO5)C3c3cccnc3)[nH]c2c1. The van der Waals surface area contributed by atoms with E-state index in [0.29, 0.717) is 23.3 Å². The minimum atomic E-state index is -0.891. The molecule has 1 fully saturated rings. The van der Waals surface area contributed by atoms with Gasteiger partial charge in [0, 0.05) is 18.0 Å². The molecule has 1 atom stereocenters. The summed E-state index contributed by atoms with van der Waals surface area (Å²) in [6, 6.07) is 13.6. The maximum Gasteiger partial charge on any atom is 0.302 e. The monoisotopic (exact) mass is 466 g/mol. The van der Waals surface area contributed by atoms with Crippen molar-refractivity contribution in [1.82, 2.24) is 15.0 Å². The molecule has 0 saturated carbocycles. The topological polar surface area (TPSA) is 108 Å². The van der Waals surface area contributed by atoms with E-state index in [1.807, 2.05) is 31.2 Å². The largest absolute Gasteiger partial charge is 0.507 e. The number of aromatic nitrogens is 3. The van der Waals surface area contributed by atoms with Crippen molar-refractivity contribution in [2.45, 2.75) is 25.8 Å². The molecule has 35 heavy (non-hydrogen) atoms. The summed E-state index contributed by atoms with van der Waals surface area (Å²) in [5, 5.41) is 11.4. The highest BCUT2D eigenvalue weighted by molar-refractivity contribution is 6.51. The van der Waals surface area contributed by atoms with Crippen molar-refractivity contribution in [3.05, 3.63) is 88.8 Å². The number of nitrogens with one attached hydrogen (secondary N) is 1. The predicted molar refractivity (Wildman–Crippen MR) is 130 cm³/mol. The number of hydrogen-bond donors (Lipinski definition) is 2. The van der Waals surface area contributed by atoms with Gasteiger partial charge in [-0.2, -0.15) is 0 Å². The molecule has 8 heteroatoms. The van der Waals surface area contributed by atoms with Crippen molar-refractivity contribution in [2.24, 2.45) is 0 Å². The van der Waals surface area contributed by atoms with Crippen molar-refractivity contribution in [3.63, 3.8) is 0 Å². The summed E-state index contributed by atoms with van der Waals surface area (Å²) in [6.07, 6.45) is 4.89. The summed E-state index contributed by atoms with van der Waals surface area (Å²) < 4.78 is 5.68. The van der Waals surface area contributed by atoms with Crippen molar-refractivity contribution in [1.29, 1.82) is 0 Å². The number of anilines is 1. The Bertz CT molecular complexity index is 1520. The quantitative estimate of drug-likeness (QED) is 0.266. The van der Waals surface area contributed by atoms with Gasteiger partial charge >= 0.3 is 5.91 Å². The first-order chi connectivity index (χ1) is 17.0. The Morgan fingerprint density at radius 3 is 2.89 bits per heavy atom. The van der Waals surface area contributed by atoms with Crippen LogP contribution in [0.25, 0.3) is 16.8 Å². The molecule has 1 saturated heterocycles. The van der Waals surface area contributed by atoms with Crippen LogP contribution < -0.4 is 9.64 Å². The van der Waals surface area contributed by atoms with Crippen LogP contribution in [0.3, 0.4) is 0 Å². The highest BCUT2D eigenvalue weighted by Crippen LogP contribution is 2.42. The second-order valence-electron chi connectivity index (χ2n) is 8.81. The van der Waals surface area contributed by atoms with Crippen LogP contribution in [0.4, 0.5) is 5.95 Å². The van der Waals surface area contributed by atoms with E-state index in [1.54, 1.807) is 36.7 Å². The third-order valence-corrected chi connectivity index (χ3v) is 6.48. The number of ether oxygens (including phenoxy) is 1. The Labute approximate surface area is 200 Å². The summed E-state index contributed by atoms with van der Waals surface area (Å²) >= 11 is 0. The first kappa shape index (κ1) is 21.1. The third-order valence-electron chi connectivity index (χ3n) is 6.48. The predicted octanol–water partition coefficient (Wildman–Crippen LogP) is 4.22. The zero-order chi connectivity index (χ0) is 24.1. The van der Waals surface area contributed by atoms with Crippen LogP contribution in [-0.2, 0) is 16.0 Å². The molecule has 2 aromatic heterocycles. The smallest absolute Gasteiger partial charge is 0.302 e. The molecule has 0 aliphatic carbocycles. The number of Topliss-reactive ketones (excluding diaryl/α,β-unsaturated/α-hetero) is 1. The number of fused-ring (bicyclic) bond motifs is 2. The molecule has 2 aliphatic rings. The molecule has 2 N–H and O–H groups in total. The lowest BCUT2D eigenvalue weighted by molar-refractivity contribution is -0.132. The van der Waals surface area contributed by atoms with Crippen LogP contribution in [0.2, 0.25) is 0 Å². The van der Waals surface area contributed by atoms with Crippen molar-refractivity contribution in [3.8, 4) is 5.75 Å². The first-order valence-electron chi connectivity index (χ1n) is 11.4. The first-order valence-corrected chi connectivity index (χ1v) is 11.4. The van der Waals surface area contributed by atoms with E-state index in [-0.39, 0.29) is 17.3 Å². The molecule has 6 rings (SSSR count). The molecule has 0 radical (unpaired) electrons. The fraction of sp³-hybridized carbons (Fsp3) is 0.185. The van der Waals surface area contributed by atoms with Gasteiger partial charge in [-0.05, 0) is 72.9 Å². The van der Waals surface area contributed by atoms with Gasteiger partial charge in [-0.3, -0.25) is 19.5 Å². The van der Waals surface area contributed by atoms with E-state index in [2.05, 4.69) is 15.0 Å². The van der Waals surface area contributed by atoms with Crippen LogP contribution in [-0.4, -0.2) is 38.4 Å². The van der Waals surface area contributed by atoms with E-state index >= 15 is 0 Å². The molecular weight excluding hydrogens is 444 g/mol. The fourth-order valence-electron chi connectivity index (χ4n) is 4.79. The van der Waals surface area contributed by atoms with Crippen molar-refractivity contribution in [2.75, 3.05) is 11.5 Å². The number of hydrogen-bond acceptors (Lipinski definition) is 6. The van der Waals surface area contributed by atoms with Gasteiger partial charge in [-0.15, -0.1) is 0 Å². The molecule has 174 valence electrons. The number of H-pyrrole nitrogens is 1. The van der Waals surface area contributed by atoms with E-state index < -0.39 is 17.7 Å². The molecule has 0 bridgehead atoms. The molecule has 1 unspecified atom stereocenters. The summed E-state index contributed by atoms with van der Waals surface area (Å²) in [7, 11) is 0. The van der Waals surface area contributed by atoms with Crippen LogP contribution in [0, 0.1) is 6.92 Å². The molecular formula is C27H22N4O4. The highest BCUT2D eigenvalue weighted by atomic mass is 16.5. The summed E-state index contributed by atoms with van der Waals surface area (Å²) in [5.74, 6) is -0.770. The number of amides is 1. The third kappa shape index (κ3) is 3.45. The lowest BCUT2D eigenvalue weighted by Gasteiger charge is -2.23. The molecule has 4 aromatic rings. The number of ketones is 1. The maximum atomic E-state index is 13.3. The fourth-order valence-corrected chi connectivity index (χ4v) is 4.79. The second-order valence-corrected chi connectivity index (χ2v) is 8.81. The Hall–Kier alpha value is -4.46. The van der Waals surface area contributed by atoms with E-state index in [1.165, 1.54) is 4.90 Å². The average molecular weight is 466 g/mol. The van der Waals surface area contributed by atoms with Gasteiger partial charge in [0.2, 0.25) is 5.95 Å². The van der Waals surface area contributed by atoms with Gasteiger partial charge in [0.25, 0.3) is 5.78 Å². The number of aromatic amines is 1. The van der Waals surface area contributed by atoms with Crippen LogP contribution >= 0.6 is 0 Å². The van der Waals surface area contributed by atoms with E-state index in [0.717, 1.165) is 35.2 Å². The van der Waals surface area contributed by atoms with Gasteiger partial charge in [0.15, 0.2) is 0 Å². The van der Waals surface area contributed by atoms with Gasteiger partial charge in [-0.25, -0.2) is 4.98 Å². The second kappa shape index (κ2) is 8.09. The van der Waals surface area contributed by atoms with Crippen LogP contribution in [0.5, 0.6) is 5.75 Å². The lowest BCUT2D eigenvalue weighted by Crippen LogP contribution is -2.30. The molecule has 1 amide bonds. The number of carbonyl (C=O) groups excluding carboxylic acids is 2. The standard InChI is InChI=1S/C27H22N4O4/c1-15-6-8-19-20(12-15)30-27(29-19)31-23(18-4-2-10-28-14-18)22(25(33)26(31)34)24(32)17-7-9-21-16(13-17)5-3-11-35-21/h2,4,6-10,12-14,23,32H,3,5,11H2,1H3,(H,29,30)/b24-22+. The molecule has 4 heterocycles. The minimum absolute atomic E-state index is 0.00341. The Morgan fingerprint density at radius 1 is 1.17 bits per heavy atom. The van der Waals surface area contributed by atoms with Gasteiger partial charge in [-0.1, -0.05) is 12.1 Å². The Morgan fingerprint density at radius 2 is 2.06 bits per heavy atom. The summed E-state index contributed by atoms with van der Waals surface area (Å²) in [5.41, 5.74) is 4.47. The maximum absolute atomic E-state index is 13.3. The summed E-state index contributed by atoms with van der Waals surface area (Å²) in [4.78, 5) is 39.9. The molecule has 2 aliphatic heterocycles. The van der Waals surface area contributed by atoms with Gasteiger partial charge < -0.3 is 14.8 Å². The average Bonchev–Trinajstić information content (AvgIpc) is 3.41. The van der Waals surface area contributed by atoms with Crippen LogP contribution in [0.15, 0.2) is 66.5 Å². The number of pyridine rings is 1. The number of carbonyl (C=O) groups is 2. The lowest BCUT2D eigenvalue weighted by atomic mass is 9.95. The molecule has 0 spiro atoms. The molecule has 8 nitrogen and oxygen atoms in total. The normalized spacial score (nSPS) is 19.1. The van der Waals surface area contributed by atoms with Crippen LogP contribution in [0.1, 0.15) is 34.7 Å². The number of nitrogens with zero attached hydrogens (tertiary/aromatic N) is 3. The van der Waals surface area contributed by atoms with E-state index in [9.17, 15) is 14.7 Å². The number of aryl methyl sites for hydroxylation is 2. The number of rotatable bonds is 3. The van der Waals surface area contributed by atoms with Gasteiger partial charge in [0.05, 0.1) is 29.3 Å². The number of imidazole rings is 1. The number of aliphatic hydroxyl groups excluding tert-OH is 1. The molecule has 2 aromatic carbocycles. The number of aliphatic hydroxyl groups is 1. The van der Waals surface area contributed by atoms with Gasteiger partial charge in [0.1, 0.15) is 11.5 Å². The number of benzene rings is 2.